The van der Waals surface area contributed by atoms with Gasteiger partial charge in [0.15, 0.2) is 23.0 Å². The molecule has 1 unspecified atom stereocenters. The van der Waals surface area contributed by atoms with Crippen molar-refractivity contribution in [3.8, 4) is 45.8 Å². The van der Waals surface area contributed by atoms with Crippen molar-refractivity contribution in [2.75, 3.05) is 66.7 Å². The number of methoxy groups -OCH3 is 3. The molecule has 3 N–H and O–H groups in total. The zero-order valence-corrected chi connectivity index (χ0v) is 35.6. The summed E-state index contributed by atoms with van der Waals surface area (Å²) in [5, 5.41) is 3.58. The number of anilines is 1. The summed E-state index contributed by atoms with van der Waals surface area (Å²) in [6, 6.07) is 16.9. The van der Waals surface area contributed by atoms with Gasteiger partial charge in [-0.3, -0.25) is 9.59 Å². The number of nitrogens with two attached hydrogens (primary N) is 1. The smallest absolute Gasteiger partial charge is 0.410 e. The molecule has 2 fully saturated rings. The van der Waals surface area contributed by atoms with E-state index in [1.165, 1.54) is 18.4 Å². The number of piperidine rings is 1. The van der Waals surface area contributed by atoms with Crippen LogP contribution in [0.15, 0.2) is 54.6 Å². The average molecular weight is 866 g/mol. The number of benzene rings is 3. The number of hydrogen-bond acceptors (Lipinski definition) is 15. The number of carbonyl (C=O) groups excluding carboxylic acids is 3. The fraction of sp³-hybridized carbons (Fsp3) is 0.400. The summed E-state index contributed by atoms with van der Waals surface area (Å²) in [5.41, 5.74) is 9.75. The molecule has 2 saturated heterocycles. The fourth-order valence-electron chi connectivity index (χ4n) is 9.13. The number of esters is 1. The Morgan fingerprint density at radius 1 is 0.935 bits per heavy atom. The van der Waals surface area contributed by atoms with Gasteiger partial charge in [0.25, 0.3) is 5.91 Å². The molecule has 324 valence electrons. The molecule has 2 aromatic heterocycles. The molecule has 5 aromatic rings. The number of amides is 2. The van der Waals surface area contributed by atoms with E-state index in [-0.39, 0.29) is 31.2 Å². The van der Waals surface area contributed by atoms with Crippen LogP contribution >= 0.6 is 11.3 Å². The van der Waals surface area contributed by atoms with E-state index in [0.717, 1.165) is 46.9 Å². The Morgan fingerprint density at radius 2 is 1.68 bits per heavy atom. The van der Waals surface area contributed by atoms with Gasteiger partial charge in [0.05, 0.1) is 51.0 Å². The number of hydrogen-bond donors (Lipinski definition) is 2. The van der Waals surface area contributed by atoms with Crippen molar-refractivity contribution >= 4 is 45.5 Å². The zero-order valence-electron chi connectivity index (χ0n) is 34.8. The summed E-state index contributed by atoms with van der Waals surface area (Å²) in [5.74, 6) is 1.37. The van der Waals surface area contributed by atoms with Gasteiger partial charge in [0, 0.05) is 48.0 Å². The summed E-state index contributed by atoms with van der Waals surface area (Å²) >= 11 is 1.28. The second kappa shape index (κ2) is 17.1. The lowest BCUT2D eigenvalue weighted by molar-refractivity contribution is -0.141. The molecule has 4 aliphatic rings. The Labute approximate surface area is 361 Å². The van der Waals surface area contributed by atoms with Crippen LogP contribution in [0.2, 0.25) is 0 Å². The van der Waals surface area contributed by atoms with E-state index >= 15 is 0 Å². The molecule has 0 spiro atoms. The van der Waals surface area contributed by atoms with E-state index in [1.54, 1.807) is 25.2 Å². The maximum Gasteiger partial charge on any atom is 0.410 e. The molecule has 4 atom stereocenters. The number of rotatable bonds is 12. The molecular weight excluding hydrogens is 819 g/mol. The number of fused-ring (bicyclic) bond motifs is 4. The van der Waals surface area contributed by atoms with Crippen molar-refractivity contribution in [2.24, 2.45) is 17.8 Å². The van der Waals surface area contributed by atoms with E-state index < -0.39 is 30.0 Å². The topological polar surface area (TPSA) is 192 Å². The lowest BCUT2D eigenvalue weighted by Gasteiger charge is -2.40. The summed E-state index contributed by atoms with van der Waals surface area (Å²) < 4.78 is 46.9. The van der Waals surface area contributed by atoms with Crippen molar-refractivity contribution in [1.29, 1.82) is 0 Å². The third-order valence-electron chi connectivity index (χ3n) is 12.1. The van der Waals surface area contributed by atoms with Gasteiger partial charge in [-0.1, -0.05) is 12.1 Å². The first-order chi connectivity index (χ1) is 30.2. The molecule has 9 rings (SSSR count). The Morgan fingerprint density at radius 3 is 2.39 bits per heavy atom. The maximum atomic E-state index is 14.0. The van der Waals surface area contributed by atoms with Crippen LogP contribution in [0.4, 0.5) is 10.7 Å². The summed E-state index contributed by atoms with van der Waals surface area (Å²) in [6.07, 6.45) is 1.13. The Bertz CT molecular complexity index is 2510. The van der Waals surface area contributed by atoms with E-state index in [1.807, 2.05) is 55.5 Å². The zero-order chi connectivity index (χ0) is 43.1. The molecule has 2 amide bonds. The van der Waals surface area contributed by atoms with Crippen LogP contribution < -0.4 is 39.5 Å². The first-order valence-corrected chi connectivity index (χ1v) is 21.4. The Balaban J connectivity index is 0.868. The highest BCUT2D eigenvalue weighted by molar-refractivity contribution is 7.20. The van der Waals surface area contributed by atoms with Gasteiger partial charge in [0.1, 0.15) is 16.7 Å². The predicted octanol–water partition coefficient (Wildman–Crippen LogP) is 6.74. The highest BCUT2D eigenvalue weighted by atomic mass is 32.1. The van der Waals surface area contributed by atoms with Crippen molar-refractivity contribution in [3.63, 3.8) is 0 Å². The van der Waals surface area contributed by atoms with Crippen LogP contribution in [0.3, 0.4) is 0 Å². The van der Waals surface area contributed by atoms with Gasteiger partial charge >= 0.3 is 12.1 Å². The van der Waals surface area contributed by atoms with E-state index in [9.17, 15) is 14.4 Å². The van der Waals surface area contributed by atoms with Crippen molar-refractivity contribution in [2.45, 2.75) is 38.2 Å². The number of cyclic esters (lactones) is 1. The van der Waals surface area contributed by atoms with Crippen LogP contribution in [-0.4, -0.2) is 93.8 Å². The van der Waals surface area contributed by atoms with Gasteiger partial charge in [-0.25, -0.2) is 14.8 Å². The van der Waals surface area contributed by atoms with Crippen molar-refractivity contribution in [3.05, 3.63) is 76.2 Å². The second-order valence-corrected chi connectivity index (χ2v) is 16.6. The van der Waals surface area contributed by atoms with Gasteiger partial charge in [-0.05, 0) is 85.7 Å². The lowest BCUT2D eigenvalue weighted by Crippen LogP contribution is -2.42. The number of nitrogens with zero attached hydrogens (tertiary/aromatic N) is 3. The first kappa shape index (κ1) is 40.9. The molecule has 3 aromatic carbocycles. The van der Waals surface area contributed by atoms with Crippen LogP contribution in [0, 0.1) is 17.8 Å². The molecule has 16 nitrogen and oxygen atoms in total. The van der Waals surface area contributed by atoms with Crippen LogP contribution in [-0.2, 0) is 14.3 Å². The summed E-state index contributed by atoms with van der Waals surface area (Å²) in [7, 11) is 4.62. The van der Waals surface area contributed by atoms with Gasteiger partial charge < -0.3 is 53.8 Å². The first-order valence-electron chi connectivity index (χ1n) is 20.6. The second-order valence-electron chi connectivity index (χ2n) is 15.6. The fourth-order valence-corrected chi connectivity index (χ4v) is 10.1. The molecule has 62 heavy (non-hydrogen) atoms. The molecule has 1 aliphatic carbocycles. The van der Waals surface area contributed by atoms with Crippen molar-refractivity contribution < 1.29 is 52.3 Å². The summed E-state index contributed by atoms with van der Waals surface area (Å²) in [4.78, 5) is 52.0. The number of likely N-dealkylation sites (tertiary alicyclic amines) is 1. The average Bonchev–Trinajstić information content (AvgIpc) is 4.04. The Hall–Kier alpha value is -6.49. The molecule has 0 bridgehead atoms. The molecule has 0 radical (unpaired) electrons. The number of thiophene rings is 1. The highest BCUT2D eigenvalue weighted by Crippen LogP contribution is 2.56. The maximum absolute atomic E-state index is 14.0. The molecule has 17 heteroatoms. The molecular formula is C45H47N5O11S. The number of carbonyl (C=O) groups is 3. The monoisotopic (exact) mass is 865 g/mol. The van der Waals surface area contributed by atoms with Gasteiger partial charge in [0.2, 0.25) is 18.5 Å². The molecule has 5 heterocycles. The van der Waals surface area contributed by atoms with E-state index in [0.29, 0.717) is 82.1 Å². The largest absolute Gasteiger partial charge is 0.494 e. The molecule has 0 saturated carbocycles. The quantitative estimate of drug-likeness (QED) is 0.125. The van der Waals surface area contributed by atoms with Gasteiger partial charge in [-0.15, -0.1) is 11.3 Å². The molecule has 3 aliphatic heterocycles. The standard InChI is InChI=1S/C45H47N5O11S/c1-5-47-41(51)35-20-29-38(48-44(46)49-42(29)62-35)24-7-6-8-26(15-24)57-14-11-23-9-12-50(13-10-23)45(53)61-39-28-19-32-31(59-22-60-32)18-27(28)36(37-30(39)21-58-43(37)52)25-16-33(54-2)40(56-4)34(17-25)55-3/h6-8,15-20,23,30,36-37,39H,5,9-14,21-22H2,1-4H3,(H,47,51)(H2,46,48,49)/t30?,36-,37+,39+/m1/s1. The van der Waals surface area contributed by atoms with Crippen LogP contribution in [0.25, 0.3) is 21.5 Å². The van der Waals surface area contributed by atoms with E-state index in [2.05, 4.69) is 15.3 Å². The number of ether oxygens (including phenoxy) is 8. The number of aromatic nitrogens is 2. The van der Waals surface area contributed by atoms with Crippen molar-refractivity contribution in [1.82, 2.24) is 20.2 Å². The third kappa shape index (κ3) is 7.58. The predicted molar refractivity (Wildman–Crippen MR) is 227 cm³/mol. The minimum Gasteiger partial charge on any atom is -0.494 e. The lowest BCUT2D eigenvalue weighted by atomic mass is 9.66. The third-order valence-corrected chi connectivity index (χ3v) is 13.2. The van der Waals surface area contributed by atoms with Crippen LogP contribution in [0.5, 0.6) is 34.5 Å². The van der Waals surface area contributed by atoms with Gasteiger partial charge in [-0.2, -0.15) is 0 Å². The normalized spacial score (nSPS) is 20.3. The highest BCUT2D eigenvalue weighted by Gasteiger charge is 2.54. The SMILES string of the molecule is CCNC(=O)c1cc2c(-c3cccc(OCCC4CCN(C(=O)O[C@H]5c6cc7c(cc6[C@@H](c6cc(OC)c(OC)c(OC)c6)[C@H]6C(=O)OCC56)OCO7)CC4)c3)nc(N)nc2s1. The minimum absolute atomic E-state index is 0.0540. The van der Waals surface area contributed by atoms with E-state index in [4.69, 9.17) is 43.6 Å². The minimum atomic E-state index is -0.777. The number of nitrogens with one attached hydrogen (secondary N) is 1. The summed E-state index contributed by atoms with van der Waals surface area (Å²) in [6.45, 7) is 4.05. The Kier molecular flexibility index (Phi) is 11.3. The van der Waals surface area contributed by atoms with Crippen LogP contribution in [0.1, 0.15) is 64.6 Å². The number of nitrogen functional groups attached to an aromatic ring is 1.